The number of hydrogen-bond donors (Lipinski definition) is 3. The number of fused-ring (bicyclic) bond motifs is 2. The lowest BCUT2D eigenvalue weighted by molar-refractivity contribution is 0.100. The average molecular weight is 428 g/mol. The number of aromatic amines is 1. The number of nitrogens with one attached hydrogen (secondary N) is 2. The van der Waals surface area contributed by atoms with Gasteiger partial charge in [0.25, 0.3) is 5.91 Å². The number of hydrogen-bond acceptors (Lipinski definition) is 5. The van der Waals surface area contributed by atoms with Crippen LogP contribution in [0.15, 0.2) is 48.5 Å². The number of para-hydroxylation sites is 1. The maximum absolute atomic E-state index is 11.9. The molecule has 3 heterocycles. The first-order valence-corrected chi connectivity index (χ1v) is 10.8. The number of aromatic nitrogens is 3. The minimum atomic E-state index is -0.464. The van der Waals surface area contributed by atoms with Gasteiger partial charge in [0.1, 0.15) is 5.82 Å². The van der Waals surface area contributed by atoms with Gasteiger partial charge in [0, 0.05) is 35.4 Å². The molecule has 0 spiro atoms. The maximum Gasteiger partial charge on any atom is 0.250 e. The van der Waals surface area contributed by atoms with Crippen LogP contribution in [0, 0.1) is 6.92 Å². The number of carbonyl (C=O) groups excluding carboxylic acids is 1. The van der Waals surface area contributed by atoms with Gasteiger partial charge in [-0.05, 0) is 31.4 Å². The van der Waals surface area contributed by atoms with Gasteiger partial charge < -0.3 is 20.8 Å². The molecule has 0 fully saturated rings. The molecule has 0 saturated heterocycles. The summed E-state index contributed by atoms with van der Waals surface area (Å²) in [6.45, 7) is 3.82. The molecule has 0 aliphatic carbocycles. The minimum absolute atomic E-state index is 0.461. The number of H-pyrrole nitrogens is 1. The van der Waals surface area contributed by atoms with Gasteiger partial charge in [-0.2, -0.15) is 0 Å². The molecule has 7 nitrogen and oxygen atoms in total. The number of carbonyl (C=O) groups is 1. The number of benzene rings is 2. The average Bonchev–Trinajstić information content (AvgIpc) is 2.96. The number of aryl methyl sites for hydroxylation is 2. The van der Waals surface area contributed by atoms with E-state index in [0.29, 0.717) is 36.7 Å². The number of anilines is 1. The highest BCUT2D eigenvalue weighted by Crippen LogP contribution is 2.34. The third-order valence-corrected chi connectivity index (χ3v) is 5.85. The van der Waals surface area contributed by atoms with Crippen molar-refractivity contribution in [2.45, 2.75) is 32.9 Å². The van der Waals surface area contributed by atoms with Gasteiger partial charge in [0.05, 0.1) is 23.4 Å². The first-order valence-electron chi connectivity index (χ1n) is 10.8. The molecule has 0 bridgehead atoms. The predicted octanol–water partition coefficient (Wildman–Crippen LogP) is 4.11. The second-order valence-electron chi connectivity index (χ2n) is 8.03. The number of amides is 1. The minimum Gasteiger partial charge on any atom is -0.377 e. The highest BCUT2D eigenvalue weighted by molar-refractivity contribution is 6.09. The Bertz CT molecular complexity index is 1300. The van der Waals surface area contributed by atoms with Crippen molar-refractivity contribution in [3.8, 4) is 11.4 Å². The Balaban J connectivity index is 1.63. The first kappa shape index (κ1) is 20.2. The van der Waals surface area contributed by atoms with Gasteiger partial charge in [-0.15, -0.1) is 0 Å². The number of ether oxygens (including phenoxy) is 1. The summed E-state index contributed by atoms with van der Waals surface area (Å²) in [6, 6.07) is 15.8. The van der Waals surface area contributed by atoms with Crippen molar-refractivity contribution in [1.29, 1.82) is 0 Å². The molecule has 0 radical (unpaired) electrons. The fourth-order valence-electron chi connectivity index (χ4n) is 4.29. The van der Waals surface area contributed by atoms with Crippen LogP contribution in [0.5, 0.6) is 0 Å². The second-order valence-corrected chi connectivity index (χ2v) is 8.03. The molecule has 1 amide bonds. The van der Waals surface area contributed by atoms with E-state index >= 15 is 0 Å². The zero-order valence-corrected chi connectivity index (χ0v) is 17.9. The standard InChI is InChI=1S/C25H25N5O2/c1-15-21(17-9-5-10-18(23(26)31)22(17)28-15)25-29-20-11-6-12-32-14-19(20)24(30-25)27-13-16-7-3-2-4-8-16/h2-5,7-10,28H,6,11-14H2,1H3,(H2,26,31)(H,27,29,30). The van der Waals surface area contributed by atoms with Gasteiger partial charge >= 0.3 is 0 Å². The fourth-order valence-corrected chi connectivity index (χ4v) is 4.29. The lowest BCUT2D eigenvalue weighted by atomic mass is 10.1. The van der Waals surface area contributed by atoms with Crippen LogP contribution >= 0.6 is 0 Å². The summed E-state index contributed by atoms with van der Waals surface area (Å²) in [7, 11) is 0. The van der Waals surface area contributed by atoms with E-state index in [1.807, 2.05) is 37.3 Å². The van der Waals surface area contributed by atoms with Crippen LogP contribution < -0.4 is 11.1 Å². The van der Waals surface area contributed by atoms with E-state index in [2.05, 4.69) is 22.4 Å². The predicted molar refractivity (Wildman–Crippen MR) is 124 cm³/mol. The van der Waals surface area contributed by atoms with Crippen molar-refractivity contribution in [1.82, 2.24) is 15.0 Å². The van der Waals surface area contributed by atoms with Crippen molar-refractivity contribution in [3.63, 3.8) is 0 Å². The van der Waals surface area contributed by atoms with Crippen molar-refractivity contribution < 1.29 is 9.53 Å². The van der Waals surface area contributed by atoms with Crippen LogP contribution in [0.2, 0.25) is 0 Å². The van der Waals surface area contributed by atoms with Crippen molar-refractivity contribution in [3.05, 3.63) is 76.6 Å². The Labute approximate surface area is 186 Å². The smallest absolute Gasteiger partial charge is 0.250 e. The van der Waals surface area contributed by atoms with Crippen LogP contribution in [-0.2, 0) is 24.3 Å². The van der Waals surface area contributed by atoms with E-state index in [1.54, 1.807) is 6.07 Å². The quantitative estimate of drug-likeness (QED) is 0.444. The summed E-state index contributed by atoms with van der Waals surface area (Å²) in [4.78, 5) is 25.1. The molecule has 2 aromatic heterocycles. The molecule has 4 aromatic rings. The third-order valence-electron chi connectivity index (χ3n) is 5.85. The van der Waals surface area contributed by atoms with E-state index in [1.165, 1.54) is 5.56 Å². The molecule has 1 aliphatic rings. The van der Waals surface area contributed by atoms with Crippen LogP contribution in [-0.4, -0.2) is 27.5 Å². The molecule has 162 valence electrons. The van der Waals surface area contributed by atoms with E-state index in [0.717, 1.165) is 46.6 Å². The summed E-state index contributed by atoms with van der Waals surface area (Å²) in [6.07, 6.45) is 1.75. The van der Waals surface area contributed by atoms with Gasteiger partial charge in [-0.3, -0.25) is 4.79 Å². The Morgan fingerprint density at radius 3 is 2.81 bits per heavy atom. The molecule has 32 heavy (non-hydrogen) atoms. The van der Waals surface area contributed by atoms with Crippen LogP contribution in [0.1, 0.15) is 39.3 Å². The van der Waals surface area contributed by atoms with Crippen molar-refractivity contribution in [2.24, 2.45) is 5.73 Å². The van der Waals surface area contributed by atoms with Crippen molar-refractivity contribution >= 4 is 22.6 Å². The number of nitrogens with two attached hydrogens (primary N) is 1. The molecular formula is C25H25N5O2. The van der Waals surface area contributed by atoms with Crippen LogP contribution in [0.3, 0.4) is 0 Å². The molecule has 2 aromatic carbocycles. The molecule has 7 heteroatoms. The first-order chi connectivity index (χ1) is 15.6. The van der Waals surface area contributed by atoms with Gasteiger partial charge in [-0.1, -0.05) is 42.5 Å². The monoisotopic (exact) mass is 427 g/mol. The van der Waals surface area contributed by atoms with E-state index in [4.69, 9.17) is 20.4 Å². The highest BCUT2D eigenvalue weighted by atomic mass is 16.5. The van der Waals surface area contributed by atoms with Crippen LogP contribution in [0.25, 0.3) is 22.3 Å². The summed E-state index contributed by atoms with van der Waals surface area (Å²) in [5, 5.41) is 4.39. The third kappa shape index (κ3) is 3.71. The van der Waals surface area contributed by atoms with Gasteiger partial charge in [0.2, 0.25) is 0 Å². The van der Waals surface area contributed by atoms with E-state index in [-0.39, 0.29) is 0 Å². The zero-order chi connectivity index (χ0) is 22.1. The maximum atomic E-state index is 11.9. The molecule has 0 atom stereocenters. The van der Waals surface area contributed by atoms with Gasteiger partial charge in [-0.25, -0.2) is 9.97 Å². The Kier molecular flexibility index (Phi) is 5.33. The van der Waals surface area contributed by atoms with Gasteiger partial charge in [0.15, 0.2) is 5.82 Å². The molecule has 5 rings (SSSR count). The normalized spacial score (nSPS) is 13.5. The SMILES string of the molecule is Cc1[nH]c2c(C(N)=O)cccc2c1-c1nc2c(c(NCc3ccccc3)n1)COCCC2. The van der Waals surface area contributed by atoms with Crippen molar-refractivity contribution in [2.75, 3.05) is 11.9 Å². The lowest BCUT2D eigenvalue weighted by Crippen LogP contribution is -2.11. The molecule has 0 saturated carbocycles. The Hall–Kier alpha value is -3.71. The zero-order valence-electron chi connectivity index (χ0n) is 17.9. The molecule has 0 unspecified atom stereocenters. The number of nitrogens with zero attached hydrogens (tertiary/aromatic N) is 2. The number of rotatable bonds is 5. The molecule has 4 N–H and O–H groups in total. The largest absolute Gasteiger partial charge is 0.377 e. The summed E-state index contributed by atoms with van der Waals surface area (Å²) in [5.74, 6) is 0.954. The Morgan fingerprint density at radius 2 is 2.00 bits per heavy atom. The summed E-state index contributed by atoms with van der Waals surface area (Å²) < 4.78 is 5.80. The number of primary amides is 1. The summed E-state index contributed by atoms with van der Waals surface area (Å²) in [5.41, 5.74) is 11.7. The second kappa shape index (κ2) is 8.43. The van der Waals surface area contributed by atoms with E-state index < -0.39 is 5.91 Å². The molecule has 1 aliphatic heterocycles. The lowest BCUT2D eigenvalue weighted by Gasteiger charge is -2.15. The topological polar surface area (TPSA) is 106 Å². The fraction of sp³-hybridized carbons (Fsp3) is 0.240. The van der Waals surface area contributed by atoms with E-state index in [9.17, 15) is 4.79 Å². The highest BCUT2D eigenvalue weighted by Gasteiger charge is 2.22. The Morgan fingerprint density at radius 1 is 1.16 bits per heavy atom. The molecular weight excluding hydrogens is 402 g/mol. The summed E-state index contributed by atoms with van der Waals surface area (Å²) >= 11 is 0. The van der Waals surface area contributed by atoms with Crippen LogP contribution in [0.4, 0.5) is 5.82 Å².